The first-order chi connectivity index (χ1) is 8.99. The van der Waals surface area contributed by atoms with E-state index in [9.17, 15) is 4.79 Å². The molecule has 0 spiro atoms. The Bertz CT molecular complexity index is 503. The lowest BCUT2D eigenvalue weighted by Crippen LogP contribution is -2.35. The van der Waals surface area contributed by atoms with Gasteiger partial charge in [-0.2, -0.15) is 11.8 Å². The minimum absolute atomic E-state index is 0.0652. The number of halogens is 1. The van der Waals surface area contributed by atoms with Crippen LogP contribution in [0.2, 0.25) is 0 Å². The fourth-order valence-electron chi connectivity index (χ4n) is 2.18. The van der Waals surface area contributed by atoms with Gasteiger partial charge < -0.3 is 4.98 Å². The number of nitrogens with zero attached hydrogens (tertiary/aromatic N) is 2. The number of nitrogens with one attached hydrogen (secondary N) is 1. The Kier molecular flexibility index (Phi) is 5.09. The van der Waals surface area contributed by atoms with E-state index in [-0.39, 0.29) is 11.6 Å². The number of aromatic nitrogens is 2. The molecule has 0 aliphatic carbocycles. The summed E-state index contributed by atoms with van der Waals surface area (Å²) in [7, 11) is 2.09. The van der Waals surface area contributed by atoms with Gasteiger partial charge in [0.1, 0.15) is 10.3 Å². The van der Waals surface area contributed by atoms with E-state index in [1.807, 2.05) is 11.8 Å². The zero-order chi connectivity index (χ0) is 14.0. The maximum Gasteiger partial charge on any atom is 0.265 e. The summed E-state index contributed by atoms with van der Waals surface area (Å²) in [6.45, 7) is 5.31. The number of hydrogen-bond donors (Lipinski definition) is 1. The van der Waals surface area contributed by atoms with Gasteiger partial charge >= 0.3 is 0 Å². The van der Waals surface area contributed by atoms with Gasteiger partial charge in [0, 0.05) is 18.1 Å². The third-order valence-electron chi connectivity index (χ3n) is 3.26. The summed E-state index contributed by atoms with van der Waals surface area (Å²) in [6, 6.07) is 0.213. The lowest BCUT2D eigenvalue weighted by atomic mass is 10.1. The SMILES string of the molecule is CC(C)Cc1nc(C2CSCCN2C)[nH]c(=O)c1Br. The zero-order valence-electron chi connectivity index (χ0n) is 11.6. The first kappa shape index (κ1) is 15.1. The molecule has 0 bridgehead atoms. The van der Waals surface area contributed by atoms with Crippen LogP contribution in [0.5, 0.6) is 0 Å². The smallest absolute Gasteiger partial charge is 0.265 e. The van der Waals surface area contributed by atoms with Crippen molar-refractivity contribution in [3.63, 3.8) is 0 Å². The van der Waals surface area contributed by atoms with Crippen molar-refractivity contribution in [2.75, 3.05) is 25.1 Å². The molecule has 106 valence electrons. The number of thioether (sulfide) groups is 1. The van der Waals surface area contributed by atoms with Gasteiger partial charge in [0.2, 0.25) is 0 Å². The van der Waals surface area contributed by atoms with Crippen LogP contribution in [-0.4, -0.2) is 40.0 Å². The van der Waals surface area contributed by atoms with Crippen molar-refractivity contribution >= 4 is 27.7 Å². The van der Waals surface area contributed by atoms with Gasteiger partial charge in [-0.25, -0.2) is 4.98 Å². The monoisotopic (exact) mass is 345 g/mol. The highest BCUT2D eigenvalue weighted by atomic mass is 79.9. The van der Waals surface area contributed by atoms with Gasteiger partial charge in [-0.1, -0.05) is 13.8 Å². The molecule has 4 nitrogen and oxygen atoms in total. The van der Waals surface area contributed by atoms with Gasteiger partial charge in [0.25, 0.3) is 5.56 Å². The van der Waals surface area contributed by atoms with Gasteiger partial charge in [-0.05, 0) is 35.3 Å². The molecule has 6 heteroatoms. The van der Waals surface area contributed by atoms with Gasteiger partial charge in [0.05, 0.1) is 11.7 Å². The standard InChI is InChI=1S/C13H20BrN3OS/c1-8(2)6-9-11(14)13(18)16-12(15-9)10-7-19-5-4-17(10)3/h8,10H,4-7H2,1-3H3,(H,15,16,18). The third-order valence-corrected chi connectivity index (χ3v) is 5.10. The highest BCUT2D eigenvalue weighted by Crippen LogP contribution is 2.26. The van der Waals surface area contributed by atoms with Crippen LogP contribution in [-0.2, 0) is 6.42 Å². The summed E-state index contributed by atoms with van der Waals surface area (Å²) in [6.07, 6.45) is 0.821. The maximum atomic E-state index is 12.0. The van der Waals surface area contributed by atoms with Crippen LogP contribution < -0.4 is 5.56 Å². The highest BCUT2D eigenvalue weighted by molar-refractivity contribution is 9.10. The Morgan fingerprint density at radius 1 is 1.58 bits per heavy atom. The molecule has 0 aromatic carbocycles. The molecule has 1 aliphatic rings. The minimum atomic E-state index is -0.0652. The maximum absolute atomic E-state index is 12.0. The van der Waals surface area contributed by atoms with Crippen LogP contribution in [0.1, 0.15) is 31.4 Å². The molecule has 1 atom stereocenters. The van der Waals surface area contributed by atoms with Crippen molar-refractivity contribution in [3.05, 3.63) is 26.3 Å². The molecule has 1 saturated heterocycles. The first-order valence-corrected chi connectivity index (χ1v) is 8.50. The van der Waals surface area contributed by atoms with Crippen LogP contribution in [0.25, 0.3) is 0 Å². The van der Waals surface area contributed by atoms with Crippen molar-refractivity contribution in [1.82, 2.24) is 14.9 Å². The van der Waals surface area contributed by atoms with Crippen LogP contribution >= 0.6 is 27.7 Å². The summed E-state index contributed by atoms with van der Waals surface area (Å²) in [4.78, 5) is 21.9. The number of H-pyrrole nitrogens is 1. The fraction of sp³-hybridized carbons (Fsp3) is 0.692. The van der Waals surface area contributed by atoms with Crippen LogP contribution in [0.3, 0.4) is 0 Å². The quantitative estimate of drug-likeness (QED) is 0.913. The van der Waals surface area contributed by atoms with Crippen molar-refractivity contribution in [2.45, 2.75) is 26.3 Å². The lowest BCUT2D eigenvalue weighted by molar-refractivity contribution is 0.263. The topological polar surface area (TPSA) is 49.0 Å². The van der Waals surface area contributed by atoms with E-state index in [0.29, 0.717) is 10.4 Å². The van der Waals surface area contributed by atoms with E-state index in [0.717, 1.165) is 36.0 Å². The highest BCUT2D eigenvalue weighted by Gasteiger charge is 2.24. The molecular weight excluding hydrogens is 326 g/mol. The summed E-state index contributed by atoms with van der Waals surface area (Å²) in [5, 5.41) is 0. The van der Waals surface area contributed by atoms with E-state index < -0.39 is 0 Å². The molecule has 0 amide bonds. The van der Waals surface area contributed by atoms with Gasteiger partial charge in [0.15, 0.2) is 0 Å². The summed E-state index contributed by atoms with van der Waals surface area (Å²) >= 11 is 5.27. The Hall–Kier alpha value is -0.330. The third kappa shape index (κ3) is 3.61. The number of hydrogen-bond acceptors (Lipinski definition) is 4. The van der Waals surface area contributed by atoms with Crippen molar-refractivity contribution in [2.24, 2.45) is 5.92 Å². The molecular formula is C13H20BrN3OS. The largest absolute Gasteiger partial charge is 0.308 e. The van der Waals surface area contributed by atoms with Crippen LogP contribution in [0, 0.1) is 5.92 Å². The summed E-state index contributed by atoms with van der Waals surface area (Å²) in [5.74, 6) is 3.42. The molecule has 2 heterocycles. The first-order valence-electron chi connectivity index (χ1n) is 6.55. The van der Waals surface area contributed by atoms with Crippen molar-refractivity contribution < 1.29 is 0 Å². The Balaban J connectivity index is 2.35. The molecule has 0 radical (unpaired) electrons. The Morgan fingerprint density at radius 3 is 2.95 bits per heavy atom. The molecule has 1 aromatic heterocycles. The zero-order valence-corrected chi connectivity index (χ0v) is 14.0. The normalized spacial score (nSPS) is 21.0. The minimum Gasteiger partial charge on any atom is -0.308 e. The average Bonchev–Trinajstić information content (AvgIpc) is 2.35. The van der Waals surface area contributed by atoms with E-state index in [4.69, 9.17) is 0 Å². The van der Waals surface area contributed by atoms with Crippen LogP contribution in [0.15, 0.2) is 9.27 Å². The van der Waals surface area contributed by atoms with Crippen LogP contribution in [0.4, 0.5) is 0 Å². The Morgan fingerprint density at radius 2 is 2.32 bits per heavy atom. The second kappa shape index (κ2) is 6.41. The van der Waals surface area contributed by atoms with Gasteiger partial charge in [-0.3, -0.25) is 9.69 Å². The molecule has 1 unspecified atom stereocenters. The summed E-state index contributed by atoms with van der Waals surface area (Å²) < 4.78 is 0.580. The molecule has 1 fully saturated rings. The van der Waals surface area contributed by atoms with E-state index in [1.165, 1.54) is 0 Å². The van der Waals surface area contributed by atoms with E-state index >= 15 is 0 Å². The molecule has 1 N–H and O–H groups in total. The second-order valence-corrected chi connectivity index (χ2v) is 7.32. The van der Waals surface area contributed by atoms with Crippen molar-refractivity contribution in [3.8, 4) is 0 Å². The number of aromatic amines is 1. The molecule has 1 aromatic rings. The van der Waals surface area contributed by atoms with E-state index in [1.54, 1.807) is 0 Å². The Labute approximate surface area is 126 Å². The summed E-state index contributed by atoms with van der Waals surface area (Å²) in [5.41, 5.74) is 0.808. The molecule has 0 saturated carbocycles. The number of rotatable bonds is 3. The second-order valence-electron chi connectivity index (χ2n) is 5.38. The van der Waals surface area contributed by atoms with Crippen molar-refractivity contribution in [1.29, 1.82) is 0 Å². The fourth-order valence-corrected chi connectivity index (χ4v) is 3.75. The van der Waals surface area contributed by atoms with Gasteiger partial charge in [-0.15, -0.1) is 0 Å². The predicted molar refractivity (Wildman–Crippen MR) is 83.8 cm³/mol. The lowest BCUT2D eigenvalue weighted by Gasteiger charge is -2.31. The average molecular weight is 346 g/mol. The predicted octanol–water partition coefficient (Wildman–Crippen LogP) is 2.45. The van der Waals surface area contributed by atoms with E-state index in [2.05, 4.69) is 51.7 Å². The molecule has 2 rings (SSSR count). The molecule has 1 aliphatic heterocycles. The molecule has 19 heavy (non-hydrogen) atoms.